The third-order valence-corrected chi connectivity index (χ3v) is 2.90. The van der Waals surface area contributed by atoms with Crippen LogP contribution in [0.5, 0.6) is 0 Å². The molecule has 90 valence electrons. The van der Waals surface area contributed by atoms with Crippen molar-refractivity contribution in [2.75, 3.05) is 0 Å². The molecule has 0 aliphatic rings. The first kappa shape index (κ1) is 14.5. The van der Waals surface area contributed by atoms with Crippen molar-refractivity contribution >= 4 is 5.91 Å². The van der Waals surface area contributed by atoms with Gasteiger partial charge >= 0.3 is 0 Å². The third kappa shape index (κ3) is 5.81. The molecule has 0 aliphatic carbocycles. The Balaban J connectivity index is 4.23. The minimum atomic E-state index is 0.198. The summed E-state index contributed by atoms with van der Waals surface area (Å²) in [6.07, 6.45) is 1.75. The highest BCUT2D eigenvalue weighted by atomic mass is 16.1. The smallest absolute Gasteiger partial charge is 0.220 e. The highest BCUT2D eigenvalue weighted by Crippen LogP contribution is 2.16. The zero-order valence-electron chi connectivity index (χ0n) is 11.1. The Morgan fingerprint density at radius 3 is 2.00 bits per heavy atom. The molecule has 0 spiro atoms. The van der Waals surface area contributed by atoms with E-state index in [1.807, 2.05) is 0 Å². The van der Waals surface area contributed by atoms with Gasteiger partial charge in [-0.15, -0.1) is 0 Å². The molecule has 2 atom stereocenters. The molecular formula is C13H27NO. The lowest BCUT2D eigenvalue weighted by Crippen LogP contribution is -2.43. The number of carbonyl (C=O) groups excluding carboxylic acids is 1. The highest BCUT2D eigenvalue weighted by Gasteiger charge is 2.21. The van der Waals surface area contributed by atoms with Gasteiger partial charge in [0.1, 0.15) is 0 Å². The second-order valence-electron chi connectivity index (χ2n) is 5.32. The molecule has 0 radical (unpaired) electrons. The molecule has 0 aromatic heterocycles. The van der Waals surface area contributed by atoms with Crippen LogP contribution in [0.1, 0.15) is 54.4 Å². The molecule has 0 bridgehead atoms. The maximum absolute atomic E-state index is 11.7. The van der Waals surface area contributed by atoms with Crippen molar-refractivity contribution in [3.63, 3.8) is 0 Å². The molecule has 0 aromatic carbocycles. The minimum absolute atomic E-state index is 0.198. The van der Waals surface area contributed by atoms with Crippen molar-refractivity contribution in [1.82, 2.24) is 5.32 Å². The van der Waals surface area contributed by atoms with E-state index in [1.54, 1.807) is 0 Å². The van der Waals surface area contributed by atoms with Gasteiger partial charge in [-0.25, -0.2) is 0 Å². The third-order valence-electron chi connectivity index (χ3n) is 2.90. The second kappa shape index (κ2) is 6.86. The van der Waals surface area contributed by atoms with Gasteiger partial charge in [0.25, 0.3) is 0 Å². The number of carbonyl (C=O) groups is 1. The van der Waals surface area contributed by atoms with Crippen LogP contribution in [-0.2, 0) is 4.79 Å². The highest BCUT2D eigenvalue weighted by molar-refractivity contribution is 5.76. The van der Waals surface area contributed by atoms with Crippen molar-refractivity contribution in [3.8, 4) is 0 Å². The Labute approximate surface area is 94.8 Å². The van der Waals surface area contributed by atoms with Gasteiger partial charge in [0.05, 0.1) is 0 Å². The zero-order chi connectivity index (χ0) is 12.0. The summed E-state index contributed by atoms with van der Waals surface area (Å²) in [5.41, 5.74) is 0. The normalized spacial score (nSPS) is 15.5. The van der Waals surface area contributed by atoms with E-state index in [4.69, 9.17) is 0 Å². The lowest BCUT2D eigenvalue weighted by Gasteiger charge is -2.28. The van der Waals surface area contributed by atoms with Crippen LogP contribution in [0.15, 0.2) is 0 Å². The maximum Gasteiger partial charge on any atom is 0.220 e. The molecule has 0 aromatic rings. The van der Waals surface area contributed by atoms with Gasteiger partial charge in [0, 0.05) is 12.5 Å². The molecule has 0 heterocycles. The maximum atomic E-state index is 11.7. The SMILES string of the molecule is CCC(C)[C@H](NC(=O)CC(C)C)C(C)C. The minimum Gasteiger partial charge on any atom is -0.353 e. The molecule has 1 amide bonds. The van der Waals surface area contributed by atoms with E-state index in [0.29, 0.717) is 30.2 Å². The largest absolute Gasteiger partial charge is 0.353 e. The Hall–Kier alpha value is -0.530. The first-order valence-corrected chi connectivity index (χ1v) is 6.17. The van der Waals surface area contributed by atoms with Crippen molar-refractivity contribution in [1.29, 1.82) is 0 Å². The molecule has 0 fully saturated rings. The average Bonchev–Trinajstić information content (AvgIpc) is 2.11. The summed E-state index contributed by atoms with van der Waals surface area (Å²) in [6, 6.07) is 0.321. The van der Waals surface area contributed by atoms with Crippen LogP contribution in [0.25, 0.3) is 0 Å². The molecule has 1 unspecified atom stereocenters. The van der Waals surface area contributed by atoms with Gasteiger partial charge in [0.15, 0.2) is 0 Å². The first-order valence-electron chi connectivity index (χ1n) is 6.17. The molecule has 1 N–H and O–H groups in total. The van der Waals surface area contributed by atoms with E-state index in [1.165, 1.54) is 0 Å². The summed E-state index contributed by atoms with van der Waals surface area (Å²) in [5, 5.41) is 3.16. The predicted octanol–water partition coefficient (Wildman–Crippen LogP) is 3.22. The van der Waals surface area contributed by atoms with Crippen molar-refractivity contribution in [2.24, 2.45) is 17.8 Å². The molecule has 0 saturated carbocycles. The molecule has 0 rings (SSSR count). The van der Waals surface area contributed by atoms with Crippen LogP contribution in [0.4, 0.5) is 0 Å². The fourth-order valence-electron chi connectivity index (χ4n) is 1.84. The number of amides is 1. The lowest BCUT2D eigenvalue weighted by molar-refractivity contribution is -0.123. The standard InChI is InChI=1S/C13H27NO/c1-7-11(6)13(10(4)5)14-12(15)8-9(2)3/h9-11,13H,7-8H2,1-6H3,(H,14,15)/t11?,13-/m1/s1. The van der Waals surface area contributed by atoms with Crippen LogP contribution in [0.2, 0.25) is 0 Å². The fourth-order valence-corrected chi connectivity index (χ4v) is 1.84. The number of rotatable bonds is 6. The van der Waals surface area contributed by atoms with Gasteiger partial charge in [-0.05, 0) is 17.8 Å². The summed E-state index contributed by atoms with van der Waals surface area (Å²) in [4.78, 5) is 11.7. The number of nitrogens with one attached hydrogen (secondary N) is 1. The molecular weight excluding hydrogens is 186 g/mol. The van der Waals surface area contributed by atoms with E-state index >= 15 is 0 Å². The summed E-state index contributed by atoms with van der Waals surface area (Å²) in [5.74, 6) is 1.70. The second-order valence-corrected chi connectivity index (χ2v) is 5.32. The predicted molar refractivity (Wildman–Crippen MR) is 65.7 cm³/mol. The summed E-state index contributed by atoms with van der Waals surface area (Å²) >= 11 is 0. The molecule has 0 saturated heterocycles. The molecule has 2 nitrogen and oxygen atoms in total. The topological polar surface area (TPSA) is 29.1 Å². The Bertz CT molecular complexity index is 187. The Morgan fingerprint density at radius 2 is 1.67 bits per heavy atom. The van der Waals surface area contributed by atoms with Gasteiger partial charge in [-0.1, -0.05) is 48.0 Å². The zero-order valence-corrected chi connectivity index (χ0v) is 11.1. The van der Waals surface area contributed by atoms with Gasteiger partial charge in [0.2, 0.25) is 5.91 Å². The van der Waals surface area contributed by atoms with Crippen LogP contribution in [0.3, 0.4) is 0 Å². The van der Waals surface area contributed by atoms with E-state index in [-0.39, 0.29) is 5.91 Å². The van der Waals surface area contributed by atoms with Crippen molar-refractivity contribution < 1.29 is 4.79 Å². The monoisotopic (exact) mass is 213 g/mol. The van der Waals surface area contributed by atoms with Crippen LogP contribution >= 0.6 is 0 Å². The lowest BCUT2D eigenvalue weighted by atomic mass is 9.89. The average molecular weight is 213 g/mol. The van der Waals surface area contributed by atoms with Crippen LogP contribution in [0, 0.1) is 17.8 Å². The summed E-state index contributed by atoms with van der Waals surface area (Å²) in [6.45, 7) is 12.9. The van der Waals surface area contributed by atoms with E-state index < -0.39 is 0 Å². The number of hydrogen-bond acceptors (Lipinski definition) is 1. The number of hydrogen-bond donors (Lipinski definition) is 1. The molecule has 2 heteroatoms. The first-order chi connectivity index (χ1) is 6.88. The van der Waals surface area contributed by atoms with Crippen LogP contribution < -0.4 is 5.32 Å². The van der Waals surface area contributed by atoms with Gasteiger partial charge in [-0.3, -0.25) is 4.79 Å². The summed E-state index contributed by atoms with van der Waals surface area (Å²) < 4.78 is 0. The molecule has 15 heavy (non-hydrogen) atoms. The van der Waals surface area contributed by atoms with Gasteiger partial charge < -0.3 is 5.32 Å². The van der Waals surface area contributed by atoms with E-state index in [2.05, 4.69) is 46.9 Å². The Morgan fingerprint density at radius 1 is 1.13 bits per heavy atom. The van der Waals surface area contributed by atoms with Crippen LogP contribution in [-0.4, -0.2) is 11.9 Å². The van der Waals surface area contributed by atoms with E-state index in [9.17, 15) is 4.79 Å². The van der Waals surface area contributed by atoms with E-state index in [0.717, 1.165) is 6.42 Å². The summed E-state index contributed by atoms with van der Waals surface area (Å²) in [7, 11) is 0. The van der Waals surface area contributed by atoms with Gasteiger partial charge in [-0.2, -0.15) is 0 Å². The Kier molecular flexibility index (Phi) is 6.62. The van der Waals surface area contributed by atoms with Crippen molar-refractivity contribution in [2.45, 2.75) is 60.4 Å². The molecule has 0 aliphatic heterocycles. The quantitative estimate of drug-likeness (QED) is 0.721. The van der Waals surface area contributed by atoms with Crippen molar-refractivity contribution in [3.05, 3.63) is 0 Å². The fraction of sp³-hybridized carbons (Fsp3) is 0.923.